The van der Waals surface area contributed by atoms with E-state index in [-0.39, 0.29) is 86.0 Å². The van der Waals surface area contributed by atoms with Crippen molar-refractivity contribution in [1.29, 1.82) is 10.5 Å². The Morgan fingerprint density at radius 2 is 0.929 bits per heavy atom. The fraction of sp³-hybridized carbons (Fsp3) is 0.194. The number of benzene rings is 3. The van der Waals surface area contributed by atoms with Crippen LogP contribution in [0.15, 0.2) is 134 Å². The number of likely N-dealkylation sites (tertiary alicyclic amines) is 1. The molecule has 4 fully saturated rings. The van der Waals surface area contributed by atoms with Gasteiger partial charge in [-0.15, -0.1) is 0 Å². The van der Waals surface area contributed by atoms with Gasteiger partial charge in [-0.25, -0.2) is 69.4 Å². The average molecular weight is 1340 g/mol. The van der Waals surface area contributed by atoms with Crippen molar-refractivity contribution in [3.63, 3.8) is 0 Å². The van der Waals surface area contributed by atoms with E-state index >= 15 is 0 Å². The zero-order chi connectivity index (χ0) is 68.0. The molecule has 4 amide bonds. The van der Waals surface area contributed by atoms with E-state index in [1.165, 1.54) is 44.4 Å². The first-order chi connectivity index (χ1) is 47.5. The molecule has 13 aromatic rings. The van der Waals surface area contributed by atoms with E-state index in [9.17, 15) is 41.1 Å². The van der Waals surface area contributed by atoms with E-state index in [1.807, 2.05) is 31.3 Å². The van der Waals surface area contributed by atoms with Crippen molar-refractivity contribution in [2.45, 2.75) is 70.0 Å². The molecule has 1 aliphatic heterocycles. The van der Waals surface area contributed by atoms with Gasteiger partial charge < -0.3 is 20.9 Å². The molecule has 3 aliphatic carbocycles. The van der Waals surface area contributed by atoms with Gasteiger partial charge in [-0.2, -0.15) is 36.0 Å². The maximum atomic E-state index is 14.5. The molecular formula is C67H49ClF5N21O4. The van der Waals surface area contributed by atoms with Crippen molar-refractivity contribution in [1.82, 2.24) is 93.8 Å². The zero-order valence-corrected chi connectivity index (χ0v) is 52.0. The monoisotopic (exact) mass is 1340 g/mol. The summed E-state index contributed by atoms with van der Waals surface area (Å²) in [6.07, 6.45) is 16.2. The maximum Gasteiger partial charge on any atom is 0.274 e. The van der Waals surface area contributed by atoms with Crippen LogP contribution in [0, 0.1) is 58.7 Å². The number of carbonyl (C=O) groups is 4. The summed E-state index contributed by atoms with van der Waals surface area (Å²) in [5.74, 6) is -5.13. The number of amides is 4. The lowest BCUT2D eigenvalue weighted by Crippen LogP contribution is -2.42. The van der Waals surface area contributed by atoms with Crippen LogP contribution in [0.4, 0.5) is 22.0 Å². The molecule has 4 aliphatic rings. The third-order valence-electron chi connectivity index (χ3n) is 16.2. The molecule has 0 atom stereocenters. The molecule has 31 heteroatoms. The molecule has 10 aromatic heterocycles. The van der Waals surface area contributed by atoms with Gasteiger partial charge in [-0.1, -0.05) is 17.7 Å². The molecule has 0 spiro atoms. The van der Waals surface area contributed by atoms with Gasteiger partial charge in [0.05, 0.1) is 16.1 Å². The highest BCUT2D eigenvalue weighted by Gasteiger charge is 2.34. The summed E-state index contributed by atoms with van der Waals surface area (Å²) in [7, 11) is 0. The van der Waals surface area contributed by atoms with Crippen LogP contribution in [0.5, 0.6) is 0 Å². The third-order valence-corrected chi connectivity index (χ3v) is 16.5. The second kappa shape index (κ2) is 26.0. The molecule has 98 heavy (non-hydrogen) atoms. The SMILES string of the molecule is Cc1cc2ncnn2cc1-c1c(C(=O)NC2CC2)nc2cccnn12.N#Cc1cc(F)c(-c2c(C(=O)NC3CC3)nc3cccnn23)cc1F.N#Cc1ccc(-c2c(C(=O)NC3CC3)nc3cccnn23)cc1F.O=C(c1nc2cccnn2c1-c1cc(F)c(Cl)cc1F)N1CCC1. The Balaban J connectivity index is 0.000000112. The second-order valence-electron chi connectivity index (χ2n) is 23.2. The molecule has 25 nitrogen and oxygen atoms in total. The van der Waals surface area contributed by atoms with E-state index in [2.05, 4.69) is 66.4 Å². The first-order valence-corrected chi connectivity index (χ1v) is 31.0. The minimum Gasteiger partial charge on any atom is -0.348 e. The van der Waals surface area contributed by atoms with Gasteiger partial charge in [0.15, 0.2) is 51.0 Å². The van der Waals surface area contributed by atoms with Crippen LogP contribution >= 0.6 is 11.6 Å². The number of carbonyl (C=O) groups excluding carboxylic acids is 4. The van der Waals surface area contributed by atoms with Crippen LogP contribution in [0.25, 0.3) is 73.3 Å². The second-order valence-corrected chi connectivity index (χ2v) is 23.6. The van der Waals surface area contributed by atoms with Crippen LogP contribution in [0.2, 0.25) is 5.02 Å². The Kier molecular flexibility index (Phi) is 16.7. The van der Waals surface area contributed by atoms with E-state index in [0.717, 1.165) is 86.0 Å². The van der Waals surface area contributed by atoms with E-state index < -0.39 is 40.6 Å². The number of nitriles is 2. The normalized spacial score (nSPS) is 13.9. The lowest BCUT2D eigenvalue weighted by atomic mass is 10.1. The Morgan fingerprint density at radius 3 is 1.40 bits per heavy atom. The Morgan fingerprint density at radius 1 is 0.490 bits per heavy atom. The summed E-state index contributed by atoms with van der Waals surface area (Å²) in [6, 6.07) is 27.2. The lowest BCUT2D eigenvalue weighted by molar-refractivity contribution is 0.0646. The number of hydrogen-bond acceptors (Lipinski definition) is 16. The summed E-state index contributed by atoms with van der Waals surface area (Å²) in [4.78, 5) is 73.5. The van der Waals surface area contributed by atoms with E-state index in [4.69, 9.17) is 22.1 Å². The van der Waals surface area contributed by atoms with Crippen molar-refractivity contribution in [3.05, 3.63) is 208 Å². The van der Waals surface area contributed by atoms with Crippen LogP contribution < -0.4 is 16.0 Å². The molecule has 3 saturated carbocycles. The molecule has 0 bridgehead atoms. The number of pyridine rings is 1. The predicted molar refractivity (Wildman–Crippen MR) is 341 cm³/mol. The highest BCUT2D eigenvalue weighted by Crippen LogP contribution is 2.35. The molecule has 0 radical (unpaired) electrons. The minimum atomic E-state index is -0.877. The number of nitrogens with one attached hydrogen (secondary N) is 3. The maximum absolute atomic E-state index is 14.5. The molecule has 1 saturated heterocycles. The molecule has 3 aromatic carbocycles. The van der Waals surface area contributed by atoms with Gasteiger partial charge in [0, 0.05) is 84.5 Å². The molecule has 11 heterocycles. The highest BCUT2D eigenvalue weighted by molar-refractivity contribution is 6.30. The van der Waals surface area contributed by atoms with Gasteiger partial charge >= 0.3 is 0 Å². The number of imidazole rings is 4. The standard InChI is InChI=1S/C17H11F2N5O.C17H12FN5O.C17H15N7O.C16H11ClF2N4O/c18-12-7-11(13(19)6-9(12)8-20)16-15(17(25)22-10-3-4-10)23-14-2-1-5-21-24(14)16;18-13-8-10(3-4-11(13)9-19)16-15(17(24)21-12-5-6-12)22-14-2-1-7-20-23(14)16;1-10-7-14-18-9-20-23(14)8-12(10)16-15(17(25)21-11-4-5-11)22-13-3-2-6-19-24(13)16;17-10-8-11(18)9(7-12(10)19)15-14(16(24)22-5-2-6-22)21-13-3-1-4-20-23(13)15/h1-2,5-7,10H,3-4H2,(H,22,25);1-4,7-8,12H,5-6H2,(H,21,24);2-3,6-9,11H,4-5H2,1H3,(H,21,25);1,3-4,7-8H,2,5-6H2. The minimum absolute atomic E-state index is 0.0337. The van der Waals surface area contributed by atoms with Gasteiger partial charge in [0.2, 0.25) is 0 Å². The summed E-state index contributed by atoms with van der Waals surface area (Å²) in [5, 5.41) is 47.1. The number of rotatable bonds is 11. The third kappa shape index (κ3) is 12.5. The largest absolute Gasteiger partial charge is 0.348 e. The quantitative estimate of drug-likeness (QED) is 0.0801. The number of aryl methyl sites for hydroxylation is 1. The Bertz CT molecular complexity index is 5480. The van der Waals surface area contributed by atoms with Crippen molar-refractivity contribution < 1.29 is 41.1 Å². The fourth-order valence-corrected chi connectivity index (χ4v) is 10.9. The molecule has 488 valence electrons. The van der Waals surface area contributed by atoms with Crippen molar-refractivity contribution >= 4 is 63.5 Å². The van der Waals surface area contributed by atoms with Crippen molar-refractivity contribution in [2.24, 2.45) is 0 Å². The summed E-state index contributed by atoms with van der Waals surface area (Å²) < 4.78 is 78.4. The summed E-state index contributed by atoms with van der Waals surface area (Å²) in [5.41, 5.74) is 5.99. The van der Waals surface area contributed by atoms with E-state index in [1.54, 1.807) is 80.9 Å². The Hall–Kier alpha value is -12.4. The van der Waals surface area contributed by atoms with Crippen molar-refractivity contribution in [2.75, 3.05) is 13.1 Å². The average Bonchev–Trinajstić information content (AvgIpc) is 1.64. The number of nitrogens with zero attached hydrogens (tertiary/aromatic N) is 18. The number of aromatic nitrogens is 15. The van der Waals surface area contributed by atoms with Gasteiger partial charge in [0.1, 0.15) is 70.3 Å². The molecule has 17 rings (SSSR count). The van der Waals surface area contributed by atoms with Crippen LogP contribution in [-0.4, -0.2) is 133 Å². The summed E-state index contributed by atoms with van der Waals surface area (Å²) in [6.45, 7) is 3.23. The fourth-order valence-electron chi connectivity index (χ4n) is 10.8. The highest BCUT2D eigenvalue weighted by atomic mass is 35.5. The topological polar surface area (TPSA) is 306 Å². The lowest BCUT2D eigenvalue weighted by Gasteiger charge is -2.30. The molecule has 0 unspecified atom stereocenters. The first kappa shape index (κ1) is 63.0. The van der Waals surface area contributed by atoms with Crippen LogP contribution in [0.1, 0.15) is 104 Å². The summed E-state index contributed by atoms with van der Waals surface area (Å²) >= 11 is 5.62. The number of hydrogen-bond donors (Lipinski definition) is 3. The smallest absolute Gasteiger partial charge is 0.274 e. The van der Waals surface area contributed by atoms with Gasteiger partial charge in [-0.3, -0.25) is 19.2 Å². The zero-order valence-electron chi connectivity index (χ0n) is 51.2. The van der Waals surface area contributed by atoms with Gasteiger partial charge in [-0.05, 0) is 148 Å². The molecule has 3 N–H and O–H groups in total. The Labute approximate surface area is 554 Å². The number of halogens is 6. The van der Waals surface area contributed by atoms with Crippen molar-refractivity contribution in [3.8, 4) is 57.2 Å². The van der Waals surface area contributed by atoms with Crippen LogP contribution in [-0.2, 0) is 0 Å². The van der Waals surface area contributed by atoms with E-state index in [0.29, 0.717) is 58.3 Å². The van der Waals surface area contributed by atoms with Gasteiger partial charge in [0.25, 0.3) is 23.6 Å². The molecular weight excluding hydrogens is 1290 g/mol. The first-order valence-electron chi connectivity index (χ1n) is 30.6. The predicted octanol–water partition coefficient (Wildman–Crippen LogP) is 9.55. The van der Waals surface area contributed by atoms with Crippen LogP contribution in [0.3, 0.4) is 0 Å². The number of fused-ring (bicyclic) bond motifs is 5.